The topological polar surface area (TPSA) is 56.2 Å². The number of aromatic nitrogens is 3. The van der Waals surface area contributed by atoms with E-state index in [1.165, 1.54) is 0 Å². The number of hydrogen-bond donors (Lipinski definition) is 1. The van der Waals surface area contributed by atoms with E-state index in [9.17, 15) is 0 Å². The van der Waals surface area contributed by atoms with Crippen LogP contribution in [0.4, 0.5) is 5.69 Å². The second-order valence-corrected chi connectivity index (χ2v) is 4.93. The molecule has 90 valence electrons. The highest BCUT2D eigenvalue weighted by molar-refractivity contribution is 9.10. The number of hydrogen-bond acceptors (Lipinski definition) is 3. The molecule has 5 heteroatoms. The quantitative estimate of drug-likeness (QED) is 0.751. The first-order valence-electron chi connectivity index (χ1n) is 5.53. The molecule has 0 radical (unpaired) electrons. The monoisotopic (exact) mass is 302 g/mol. The summed E-state index contributed by atoms with van der Waals surface area (Å²) in [6.45, 7) is 1.96. The summed E-state index contributed by atoms with van der Waals surface area (Å²) in [7, 11) is 0. The Morgan fingerprint density at radius 1 is 1.11 bits per heavy atom. The van der Waals surface area contributed by atoms with Gasteiger partial charge in [0, 0.05) is 15.7 Å². The molecule has 2 aromatic heterocycles. The van der Waals surface area contributed by atoms with Crippen LogP contribution in [-0.2, 0) is 0 Å². The SMILES string of the molecule is Cc1c(N)ccc2nnc(-c3ccccc3Br)n12. The molecule has 0 atom stereocenters. The number of halogens is 1. The normalized spacial score (nSPS) is 11.0. The third-order valence-electron chi connectivity index (χ3n) is 2.97. The Hall–Kier alpha value is -1.88. The molecule has 2 N–H and O–H groups in total. The van der Waals surface area contributed by atoms with Gasteiger partial charge in [-0.1, -0.05) is 34.1 Å². The fraction of sp³-hybridized carbons (Fsp3) is 0.0769. The molecule has 4 nitrogen and oxygen atoms in total. The predicted octanol–water partition coefficient (Wildman–Crippen LogP) is 3.05. The maximum absolute atomic E-state index is 5.94. The number of anilines is 1. The fourth-order valence-corrected chi connectivity index (χ4v) is 2.43. The standard InChI is InChI=1S/C13H11BrN4/c1-8-11(15)6-7-12-16-17-13(18(8)12)9-4-2-3-5-10(9)14/h2-7H,15H2,1H3. The molecule has 0 saturated carbocycles. The van der Waals surface area contributed by atoms with Crippen LogP contribution in [0.5, 0.6) is 0 Å². The van der Waals surface area contributed by atoms with Crippen molar-refractivity contribution in [2.75, 3.05) is 5.73 Å². The van der Waals surface area contributed by atoms with Gasteiger partial charge in [-0.3, -0.25) is 4.40 Å². The molecule has 1 aromatic carbocycles. The van der Waals surface area contributed by atoms with Gasteiger partial charge in [0.1, 0.15) is 0 Å². The minimum Gasteiger partial charge on any atom is -0.397 e. The highest BCUT2D eigenvalue weighted by Gasteiger charge is 2.13. The van der Waals surface area contributed by atoms with E-state index < -0.39 is 0 Å². The number of benzene rings is 1. The smallest absolute Gasteiger partial charge is 0.169 e. The maximum atomic E-state index is 5.94. The average Bonchev–Trinajstić information content (AvgIpc) is 2.79. The Balaban J connectivity index is 2.37. The van der Waals surface area contributed by atoms with Crippen LogP contribution >= 0.6 is 15.9 Å². The summed E-state index contributed by atoms with van der Waals surface area (Å²) >= 11 is 3.53. The lowest BCUT2D eigenvalue weighted by atomic mass is 10.2. The number of nitrogens with zero attached hydrogens (tertiary/aromatic N) is 3. The van der Waals surface area contributed by atoms with Crippen molar-refractivity contribution in [2.45, 2.75) is 6.92 Å². The lowest BCUT2D eigenvalue weighted by Gasteiger charge is -2.07. The number of nitrogen functional groups attached to an aromatic ring is 1. The Kier molecular flexibility index (Phi) is 2.56. The van der Waals surface area contributed by atoms with E-state index in [-0.39, 0.29) is 0 Å². The zero-order chi connectivity index (χ0) is 12.7. The summed E-state index contributed by atoms with van der Waals surface area (Å²) in [4.78, 5) is 0. The first kappa shape index (κ1) is 11.2. The van der Waals surface area contributed by atoms with Gasteiger partial charge in [-0.05, 0) is 25.1 Å². The summed E-state index contributed by atoms with van der Waals surface area (Å²) in [6, 6.07) is 11.7. The number of fused-ring (bicyclic) bond motifs is 1. The van der Waals surface area contributed by atoms with Crippen LogP contribution < -0.4 is 5.73 Å². The Labute approximate surface area is 113 Å². The van der Waals surface area contributed by atoms with Crippen LogP contribution in [-0.4, -0.2) is 14.6 Å². The highest BCUT2D eigenvalue weighted by atomic mass is 79.9. The van der Waals surface area contributed by atoms with Gasteiger partial charge in [-0.2, -0.15) is 0 Å². The van der Waals surface area contributed by atoms with Gasteiger partial charge in [-0.25, -0.2) is 0 Å². The predicted molar refractivity (Wildman–Crippen MR) is 75.3 cm³/mol. The molecule has 0 unspecified atom stereocenters. The molecule has 18 heavy (non-hydrogen) atoms. The Bertz CT molecular complexity index is 733. The second-order valence-electron chi connectivity index (χ2n) is 4.07. The van der Waals surface area contributed by atoms with Crippen molar-refractivity contribution < 1.29 is 0 Å². The fourth-order valence-electron chi connectivity index (χ4n) is 1.97. The van der Waals surface area contributed by atoms with Crippen molar-refractivity contribution in [3.8, 4) is 11.4 Å². The molecular formula is C13H11BrN4. The third kappa shape index (κ3) is 1.59. The number of nitrogens with two attached hydrogens (primary N) is 1. The third-order valence-corrected chi connectivity index (χ3v) is 3.66. The van der Waals surface area contributed by atoms with E-state index in [0.29, 0.717) is 0 Å². The summed E-state index contributed by atoms with van der Waals surface area (Å²) in [5.74, 6) is 0.794. The molecule has 0 spiro atoms. The van der Waals surface area contributed by atoms with Gasteiger partial charge in [-0.15, -0.1) is 10.2 Å². The molecule has 0 aliphatic carbocycles. The van der Waals surface area contributed by atoms with Crippen LogP contribution in [0.25, 0.3) is 17.0 Å². The molecule has 3 aromatic rings. The van der Waals surface area contributed by atoms with Gasteiger partial charge in [0.2, 0.25) is 0 Å². The van der Waals surface area contributed by atoms with Crippen LogP contribution in [0.2, 0.25) is 0 Å². The average molecular weight is 303 g/mol. The second kappa shape index (κ2) is 4.10. The molecule has 0 aliphatic heterocycles. The van der Waals surface area contributed by atoms with Crippen molar-refractivity contribution in [3.05, 3.63) is 46.6 Å². The van der Waals surface area contributed by atoms with Gasteiger partial charge >= 0.3 is 0 Å². The van der Waals surface area contributed by atoms with E-state index in [1.807, 2.05) is 47.7 Å². The number of pyridine rings is 1. The summed E-state index contributed by atoms with van der Waals surface area (Å²) < 4.78 is 2.95. The summed E-state index contributed by atoms with van der Waals surface area (Å²) in [5, 5.41) is 8.43. The molecule has 0 saturated heterocycles. The van der Waals surface area contributed by atoms with Crippen molar-refractivity contribution in [1.29, 1.82) is 0 Å². The molecule has 3 rings (SSSR count). The molecule has 0 bridgehead atoms. The number of aryl methyl sites for hydroxylation is 1. The lowest BCUT2D eigenvalue weighted by molar-refractivity contribution is 1.08. The van der Waals surface area contributed by atoms with E-state index >= 15 is 0 Å². The zero-order valence-corrected chi connectivity index (χ0v) is 11.3. The number of rotatable bonds is 1. The van der Waals surface area contributed by atoms with Crippen molar-refractivity contribution in [1.82, 2.24) is 14.6 Å². The van der Waals surface area contributed by atoms with Gasteiger partial charge in [0.25, 0.3) is 0 Å². The summed E-state index contributed by atoms with van der Waals surface area (Å²) in [6.07, 6.45) is 0. The Morgan fingerprint density at radius 3 is 2.67 bits per heavy atom. The van der Waals surface area contributed by atoms with E-state index in [1.54, 1.807) is 0 Å². The molecule has 0 fully saturated rings. The van der Waals surface area contributed by atoms with Crippen LogP contribution in [0, 0.1) is 6.92 Å². The Morgan fingerprint density at radius 2 is 1.89 bits per heavy atom. The minimum atomic E-state index is 0.732. The van der Waals surface area contributed by atoms with E-state index in [4.69, 9.17) is 5.73 Å². The van der Waals surface area contributed by atoms with Gasteiger partial charge in [0.15, 0.2) is 11.5 Å². The molecular weight excluding hydrogens is 292 g/mol. The van der Waals surface area contributed by atoms with Crippen molar-refractivity contribution in [2.24, 2.45) is 0 Å². The van der Waals surface area contributed by atoms with Crippen molar-refractivity contribution in [3.63, 3.8) is 0 Å². The molecule has 0 aliphatic rings. The maximum Gasteiger partial charge on any atom is 0.169 e. The lowest BCUT2D eigenvalue weighted by Crippen LogP contribution is -1.99. The minimum absolute atomic E-state index is 0.732. The van der Waals surface area contributed by atoms with Gasteiger partial charge < -0.3 is 5.73 Å². The molecule has 0 amide bonds. The molecule has 2 heterocycles. The first-order chi connectivity index (χ1) is 8.68. The van der Waals surface area contributed by atoms with Crippen LogP contribution in [0.1, 0.15) is 5.69 Å². The highest BCUT2D eigenvalue weighted by Crippen LogP contribution is 2.28. The van der Waals surface area contributed by atoms with Gasteiger partial charge in [0.05, 0.1) is 5.69 Å². The zero-order valence-electron chi connectivity index (χ0n) is 9.76. The van der Waals surface area contributed by atoms with E-state index in [0.717, 1.165) is 32.9 Å². The van der Waals surface area contributed by atoms with Crippen LogP contribution in [0.3, 0.4) is 0 Å². The first-order valence-corrected chi connectivity index (χ1v) is 6.33. The van der Waals surface area contributed by atoms with E-state index in [2.05, 4.69) is 26.1 Å². The van der Waals surface area contributed by atoms with Crippen LogP contribution in [0.15, 0.2) is 40.9 Å². The van der Waals surface area contributed by atoms with Crippen molar-refractivity contribution >= 4 is 27.3 Å². The largest absolute Gasteiger partial charge is 0.397 e. The summed E-state index contributed by atoms with van der Waals surface area (Å²) in [5.41, 5.74) is 9.42.